The third-order valence-electron chi connectivity index (χ3n) is 3.12. The highest BCUT2D eigenvalue weighted by atomic mass is 19.1. The Labute approximate surface area is 111 Å². The molecule has 1 unspecified atom stereocenters. The van der Waals surface area contributed by atoms with Crippen molar-refractivity contribution in [1.82, 2.24) is 4.98 Å². The number of nitrogens with zero attached hydrogens (tertiary/aromatic N) is 1. The lowest BCUT2D eigenvalue weighted by atomic mass is 9.97. The quantitative estimate of drug-likeness (QED) is 0.923. The molecule has 1 N–H and O–H groups in total. The number of hydrogen-bond donors (Lipinski definition) is 1. The molecule has 1 aromatic carbocycles. The number of aryl methyl sites for hydroxylation is 2. The minimum Gasteiger partial charge on any atom is -0.496 e. The SMILES string of the molecule is COc1cc(C)c(C(O)c2ncccc2F)cc1C. The van der Waals surface area contributed by atoms with Gasteiger partial charge in [-0.15, -0.1) is 0 Å². The molecule has 2 rings (SSSR count). The highest BCUT2D eigenvalue weighted by Crippen LogP contribution is 2.30. The summed E-state index contributed by atoms with van der Waals surface area (Å²) in [6.45, 7) is 3.73. The van der Waals surface area contributed by atoms with Crippen LogP contribution in [0.2, 0.25) is 0 Å². The van der Waals surface area contributed by atoms with Crippen LogP contribution in [0.3, 0.4) is 0 Å². The van der Waals surface area contributed by atoms with Crippen LogP contribution in [-0.2, 0) is 0 Å². The molecule has 1 atom stereocenters. The molecule has 1 aromatic heterocycles. The van der Waals surface area contributed by atoms with Crippen molar-refractivity contribution in [2.45, 2.75) is 20.0 Å². The smallest absolute Gasteiger partial charge is 0.147 e. The van der Waals surface area contributed by atoms with Crippen molar-refractivity contribution < 1.29 is 14.2 Å². The normalized spacial score (nSPS) is 12.3. The predicted molar refractivity (Wildman–Crippen MR) is 70.7 cm³/mol. The maximum atomic E-state index is 13.7. The largest absolute Gasteiger partial charge is 0.496 e. The second-order valence-corrected chi connectivity index (χ2v) is 4.45. The van der Waals surface area contributed by atoms with Gasteiger partial charge in [0, 0.05) is 6.20 Å². The second-order valence-electron chi connectivity index (χ2n) is 4.45. The summed E-state index contributed by atoms with van der Waals surface area (Å²) in [5, 5.41) is 10.3. The number of halogens is 1. The van der Waals surface area contributed by atoms with Crippen LogP contribution >= 0.6 is 0 Å². The highest BCUT2D eigenvalue weighted by Gasteiger charge is 2.19. The molecule has 0 bridgehead atoms. The molecule has 1 heterocycles. The van der Waals surface area contributed by atoms with E-state index in [-0.39, 0.29) is 5.69 Å². The summed E-state index contributed by atoms with van der Waals surface area (Å²) in [6.07, 6.45) is 0.388. The second kappa shape index (κ2) is 5.36. The molecule has 0 amide bonds. The van der Waals surface area contributed by atoms with Crippen LogP contribution in [0, 0.1) is 19.7 Å². The number of rotatable bonds is 3. The summed E-state index contributed by atoms with van der Waals surface area (Å²) in [7, 11) is 1.59. The first kappa shape index (κ1) is 13.5. The summed E-state index contributed by atoms with van der Waals surface area (Å²) >= 11 is 0. The molecule has 0 aliphatic rings. The molecule has 4 heteroatoms. The van der Waals surface area contributed by atoms with Crippen molar-refractivity contribution in [3.8, 4) is 5.75 Å². The Morgan fingerprint density at radius 1 is 1.26 bits per heavy atom. The molecule has 100 valence electrons. The molecular weight excluding hydrogens is 245 g/mol. The molecule has 19 heavy (non-hydrogen) atoms. The Morgan fingerprint density at radius 3 is 2.63 bits per heavy atom. The van der Waals surface area contributed by atoms with Gasteiger partial charge in [0.05, 0.1) is 7.11 Å². The summed E-state index contributed by atoms with van der Waals surface area (Å²) in [6, 6.07) is 6.41. The van der Waals surface area contributed by atoms with Crippen molar-refractivity contribution in [2.24, 2.45) is 0 Å². The number of aliphatic hydroxyl groups excluding tert-OH is 1. The minimum atomic E-state index is -1.08. The van der Waals surface area contributed by atoms with E-state index >= 15 is 0 Å². The van der Waals surface area contributed by atoms with Gasteiger partial charge in [-0.3, -0.25) is 4.98 Å². The number of aromatic nitrogens is 1. The maximum absolute atomic E-state index is 13.7. The van der Waals surface area contributed by atoms with E-state index in [2.05, 4.69) is 4.98 Å². The molecule has 2 aromatic rings. The van der Waals surface area contributed by atoms with Gasteiger partial charge in [-0.05, 0) is 54.8 Å². The van der Waals surface area contributed by atoms with Gasteiger partial charge < -0.3 is 9.84 Å². The number of hydrogen-bond acceptors (Lipinski definition) is 3. The van der Waals surface area contributed by atoms with Crippen LogP contribution < -0.4 is 4.74 Å². The van der Waals surface area contributed by atoms with E-state index in [0.29, 0.717) is 5.56 Å². The summed E-state index contributed by atoms with van der Waals surface area (Å²) in [5.74, 6) is 0.234. The van der Waals surface area contributed by atoms with Gasteiger partial charge in [0.25, 0.3) is 0 Å². The molecule has 3 nitrogen and oxygen atoms in total. The van der Waals surface area contributed by atoms with Crippen molar-refractivity contribution in [3.63, 3.8) is 0 Å². The topological polar surface area (TPSA) is 42.4 Å². The van der Waals surface area contributed by atoms with Crippen LogP contribution in [0.25, 0.3) is 0 Å². The Kier molecular flexibility index (Phi) is 3.81. The maximum Gasteiger partial charge on any atom is 0.147 e. The van der Waals surface area contributed by atoms with Crippen molar-refractivity contribution in [3.05, 3.63) is 58.7 Å². The fourth-order valence-corrected chi connectivity index (χ4v) is 2.07. The molecule has 0 saturated heterocycles. The van der Waals surface area contributed by atoms with Crippen LogP contribution in [0.15, 0.2) is 30.5 Å². The summed E-state index contributed by atoms with van der Waals surface area (Å²) in [4.78, 5) is 3.91. The minimum absolute atomic E-state index is 0.0372. The first-order valence-electron chi connectivity index (χ1n) is 5.98. The fourth-order valence-electron chi connectivity index (χ4n) is 2.07. The van der Waals surface area contributed by atoms with Gasteiger partial charge in [-0.1, -0.05) is 0 Å². The third-order valence-corrected chi connectivity index (χ3v) is 3.12. The van der Waals surface area contributed by atoms with Gasteiger partial charge in [-0.25, -0.2) is 4.39 Å². The summed E-state index contributed by atoms with van der Waals surface area (Å²) < 4.78 is 18.9. The third kappa shape index (κ3) is 2.58. The Bertz CT molecular complexity index is 599. The van der Waals surface area contributed by atoms with E-state index in [4.69, 9.17) is 4.74 Å². The number of methoxy groups -OCH3 is 1. The Morgan fingerprint density at radius 2 is 2.00 bits per heavy atom. The van der Waals surface area contributed by atoms with Gasteiger partial charge in [-0.2, -0.15) is 0 Å². The van der Waals surface area contributed by atoms with Crippen LogP contribution in [-0.4, -0.2) is 17.2 Å². The molecule has 0 saturated carbocycles. The van der Waals surface area contributed by atoms with E-state index in [0.717, 1.165) is 16.9 Å². The molecule has 0 aliphatic heterocycles. The predicted octanol–water partition coefficient (Wildman–Crippen LogP) is 2.93. The highest BCUT2D eigenvalue weighted by molar-refractivity contribution is 5.44. The number of ether oxygens (including phenoxy) is 1. The van der Waals surface area contributed by atoms with E-state index in [9.17, 15) is 9.50 Å². The Hall–Kier alpha value is -1.94. The first-order chi connectivity index (χ1) is 9.04. The lowest BCUT2D eigenvalue weighted by molar-refractivity contribution is 0.208. The van der Waals surface area contributed by atoms with Gasteiger partial charge in [0.15, 0.2) is 0 Å². The number of benzene rings is 1. The van der Waals surface area contributed by atoms with E-state index in [1.165, 1.54) is 18.3 Å². The van der Waals surface area contributed by atoms with Gasteiger partial charge in [0.1, 0.15) is 23.4 Å². The van der Waals surface area contributed by atoms with Gasteiger partial charge in [0.2, 0.25) is 0 Å². The molecule has 0 radical (unpaired) electrons. The Balaban J connectivity index is 2.48. The number of aliphatic hydroxyl groups is 1. The first-order valence-corrected chi connectivity index (χ1v) is 5.98. The van der Waals surface area contributed by atoms with Crippen LogP contribution in [0.5, 0.6) is 5.75 Å². The molecule has 0 fully saturated rings. The van der Waals surface area contributed by atoms with Crippen molar-refractivity contribution in [1.29, 1.82) is 0 Å². The van der Waals surface area contributed by atoms with E-state index in [1.54, 1.807) is 13.2 Å². The van der Waals surface area contributed by atoms with Crippen molar-refractivity contribution in [2.75, 3.05) is 7.11 Å². The standard InChI is InChI=1S/C15H16FNO2/c1-9-8-13(19-3)10(2)7-11(9)15(18)14-12(16)5-4-6-17-14/h4-8,15,18H,1-3H3. The van der Waals surface area contributed by atoms with E-state index in [1.807, 2.05) is 19.9 Å². The van der Waals surface area contributed by atoms with Crippen LogP contribution in [0.1, 0.15) is 28.5 Å². The average molecular weight is 261 g/mol. The zero-order valence-electron chi connectivity index (χ0n) is 11.1. The van der Waals surface area contributed by atoms with Crippen LogP contribution in [0.4, 0.5) is 4.39 Å². The summed E-state index contributed by atoms with van der Waals surface area (Å²) in [5.41, 5.74) is 2.39. The number of pyridine rings is 1. The van der Waals surface area contributed by atoms with E-state index < -0.39 is 11.9 Å². The fraction of sp³-hybridized carbons (Fsp3) is 0.267. The van der Waals surface area contributed by atoms with Crippen molar-refractivity contribution >= 4 is 0 Å². The molecule has 0 aliphatic carbocycles. The lowest BCUT2D eigenvalue weighted by Gasteiger charge is -2.16. The monoisotopic (exact) mass is 261 g/mol. The molecule has 0 spiro atoms. The molecular formula is C15H16FNO2. The lowest BCUT2D eigenvalue weighted by Crippen LogP contribution is -2.07. The zero-order valence-corrected chi connectivity index (χ0v) is 11.1. The zero-order chi connectivity index (χ0) is 14.0. The average Bonchev–Trinajstić information content (AvgIpc) is 2.40. The van der Waals surface area contributed by atoms with Gasteiger partial charge >= 0.3 is 0 Å².